The summed E-state index contributed by atoms with van der Waals surface area (Å²) in [5.41, 5.74) is 3.19. The molecule has 0 saturated carbocycles. The van der Waals surface area contributed by atoms with E-state index in [9.17, 15) is 0 Å². The molecule has 1 aromatic carbocycles. The fourth-order valence-electron chi connectivity index (χ4n) is 2.01. The van der Waals surface area contributed by atoms with Crippen molar-refractivity contribution in [1.29, 1.82) is 0 Å². The van der Waals surface area contributed by atoms with E-state index in [1.165, 1.54) is 5.56 Å². The van der Waals surface area contributed by atoms with Crippen LogP contribution in [0.3, 0.4) is 0 Å². The monoisotopic (exact) mass is 274 g/mol. The van der Waals surface area contributed by atoms with Gasteiger partial charge in [0, 0.05) is 12.1 Å². The van der Waals surface area contributed by atoms with Crippen LogP contribution in [-0.2, 0) is 12.0 Å². The molecule has 0 unspecified atom stereocenters. The van der Waals surface area contributed by atoms with E-state index in [1.807, 2.05) is 19.2 Å². The first-order chi connectivity index (χ1) is 9.40. The molecule has 0 aliphatic rings. The standard InChI is InChI=1S/C16H22N2O2/c1-11-6-7-14(13(8-11)16(2,3)4)20-15-18-12(9-17-5)10-19-15/h6-8,10,17H,9H2,1-5H3. The number of aromatic nitrogens is 1. The van der Waals surface area contributed by atoms with Crippen molar-refractivity contribution in [3.63, 3.8) is 0 Å². The number of ether oxygens (including phenoxy) is 1. The molecule has 4 heteroatoms. The molecule has 0 radical (unpaired) electrons. The second-order valence-corrected chi connectivity index (χ2v) is 5.99. The molecule has 1 heterocycles. The lowest BCUT2D eigenvalue weighted by Gasteiger charge is -2.22. The third-order valence-corrected chi connectivity index (χ3v) is 3.03. The SMILES string of the molecule is CNCc1coc(Oc2ccc(C)cc2C(C)(C)C)n1. The normalized spacial score (nSPS) is 11.7. The van der Waals surface area contributed by atoms with Gasteiger partial charge in [0.15, 0.2) is 0 Å². The predicted molar refractivity (Wildman–Crippen MR) is 79.2 cm³/mol. The predicted octanol–water partition coefficient (Wildman–Crippen LogP) is 3.79. The number of nitrogens with zero attached hydrogens (tertiary/aromatic N) is 1. The molecule has 0 atom stereocenters. The van der Waals surface area contributed by atoms with Crippen LogP contribution < -0.4 is 10.1 Å². The number of hydrogen-bond acceptors (Lipinski definition) is 4. The Morgan fingerprint density at radius 2 is 2.05 bits per heavy atom. The molecule has 0 saturated heterocycles. The van der Waals surface area contributed by atoms with Crippen LogP contribution in [0.2, 0.25) is 0 Å². The largest absolute Gasteiger partial charge is 0.417 e. The zero-order valence-electron chi connectivity index (χ0n) is 12.8. The average molecular weight is 274 g/mol. The summed E-state index contributed by atoms with van der Waals surface area (Å²) in [5.74, 6) is 0.793. The molecule has 20 heavy (non-hydrogen) atoms. The molecule has 108 valence electrons. The van der Waals surface area contributed by atoms with E-state index in [1.54, 1.807) is 6.26 Å². The van der Waals surface area contributed by atoms with E-state index >= 15 is 0 Å². The van der Waals surface area contributed by atoms with Crippen LogP contribution in [0.1, 0.15) is 37.6 Å². The van der Waals surface area contributed by atoms with Crippen LogP contribution in [0.5, 0.6) is 11.8 Å². The molecule has 1 aromatic heterocycles. The minimum absolute atomic E-state index is 0.00174. The van der Waals surface area contributed by atoms with Crippen molar-refractivity contribution in [2.75, 3.05) is 7.05 Å². The summed E-state index contributed by atoms with van der Waals surface area (Å²) >= 11 is 0. The molecule has 0 spiro atoms. The number of hydrogen-bond donors (Lipinski definition) is 1. The van der Waals surface area contributed by atoms with Crippen molar-refractivity contribution < 1.29 is 9.15 Å². The van der Waals surface area contributed by atoms with Crippen molar-refractivity contribution in [1.82, 2.24) is 10.3 Å². The summed E-state index contributed by atoms with van der Waals surface area (Å²) in [5, 5.41) is 3.03. The van der Waals surface area contributed by atoms with Crippen LogP contribution in [-0.4, -0.2) is 12.0 Å². The Labute approximate surface area is 120 Å². The number of oxazole rings is 1. The number of nitrogens with one attached hydrogen (secondary N) is 1. The van der Waals surface area contributed by atoms with Gasteiger partial charge in [0.05, 0.1) is 5.69 Å². The summed E-state index contributed by atoms with van der Waals surface area (Å²) in [7, 11) is 1.87. The Kier molecular flexibility index (Phi) is 4.14. The van der Waals surface area contributed by atoms with Crippen molar-refractivity contribution in [2.45, 2.75) is 39.7 Å². The molecule has 2 rings (SSSR count). The first-order valence-corrected chi connectivity index (χ1v) is 6.78. The minimum Gasteiger partial charge on any atom is -0.417 e. The summed E-state index contributed by atoms with van der Waals surface area (Å²) in [6.45, 7) is 9.23. The van der Waals surface area contributed by atoms with Crippen molar-refractivity contribution in [3.8, 4) is 11.8 Å². The summed E-state index contributed by atoms with van der Waals surface area (Å²) in [6.07, 6.45) is 1.89. The Morgan fingerprint density at radius 3 is 2.70 bits per heavy atom. The van der Waals surface area contributed by atoms with Gasteiger partial charge >= 0.3 is 6.08 Å². The van der Waals surface area contributed by atoms with E-state index in [0.29, 0.717) is 6.54 Å². The highest BCUT2D eigenvalue weighted by Crippen LogP contribution is 2.34. The smallest absolute Gasteiger partial charge is 0.399 e. The van der Waals surface area contributed by atoms with Gasteiger partial charge in [0.25, 0.3) is 0 Å². The van der Waals surface area contributed by atoms with Crippen molar-refractivity contribution >= 4 is 0 Å². The lowest BCUT2D eigenvalue weighted by Crippen LogP contribution is -2.13. The lowest BCUT2D eigenvalue weighted by atomic mass is 9.85. The number of rotatable bonds is 4. The molecule has 0 fully saturated rings. The molecule has 2 aromatic rings. The quantitative estimate of drug-likeness (QED) is 0.921. The molecule has 0 aliphatic carbocycles. The molecule has 0 bridgehead atoms. The summed E-state index contributed by atoms with van der Waals surface area (Å²) in [4.78, 5) is 4.29. The van der Waals surface area contributed by atoms with E-state index in [4.69, 9.17) is 9.15 Å². The second kappa shape index (κ2) is 5.67. The van der Waals surface area contributed by atoms with Gasteiger partial charge in [-0.25, -0.2) is 0 Å². The van der Waals surface area contributed by atoms with Gasteiger partial charge in [-0.3, -0.25) is 0 Å². The maximum absolute atomic E-state index is 5.81. The fourth-order valence-corrected chi connectivity index (χ4v) is 2.01. The Balaban J connectivity index is 2.28. The van der Waals surface area contributed by atoms with Crippen molar-refractivity contribution in [2.24, 2.45) is 0 Å². The zero-order chi connectivity index (χ0) is 14.8. The zero-order valence-corrected chi connectivity index (χ0v) is 12.8. The Bertz CT molecular complexity index is 582. The van der Waals surface area contributed by atoms with Crippen LogP contribution in [0.25, 0.3) is 0 Å². The van der Waals surface area contributed by atoms with E-state index < -0.39 is 0 Å². The fraction of sp³-hybridized carbons (Fsp3) is 0.438. The maximum atomic E-state index is 5.81. The molecule has 4 nitrogen and oxygen atoms in total. The van der Waals surface area contributed by atoms with Gasteiger partial charge < -0.3 is 14.5 Å². The van der Waals surface area contributed by atoms with Gasteiger partial charge in [-0.2, -0.15) is 4.98 Å². The van der Waals surface area contributed by atoms with Crippen LogP contribution in [0.4, 0.5) is 0 Å². The van der Waals surface area contributed by atoms with Gasteiger partial charge in [-0.1, -0.05) is 38.5 Å². The highest BCUT2D eigenvalue weighted by Gasteiger charge is 2.20. The molecule has 0 aliphatic heterocycles. The average Bonchev–Trinajstić information content (AvgIpc) is 2.78. The minimum atomic E-state index is 0.00174. The first kappa shape index (κ1) is 14.6. The molecular weight excluding hydrogens is 252 g/mol. The van der Waals surface area contributed by atoms with Crippen LogP contribution in [0.15, 0.2) is 28.9 Å². The summed E-state index contributed by atoms with van der Waals surface area (Å²) < 4.78 is 11.2. The summed E-state index contributed by atoms with van der Waals surface area (Å²) in [6, 6.07) is 6.15. The molecular formula is C16H22N2O2. The topological polar surface area (TPSA) is 47.3 Å². The van der Waals surface area contributed by atoms with E-state index in [-0.39, 0.29) is 11.5 Å². The van der Waals surface area contributed by atoms with Crippen molar-refractivity contribution in [3.05, 3.63) is 41.3 Å². The number of benzene rings is 1. The van der Waals surface area contributed by atoms with Gasteiger partial charge in [0.1, 0.15) is 12.0 Å². The molecule has 0 amide bonds. The second-order valence-electron chi connectivity index (χ2n) is 5.99. The van der Waals surface area contributed by atoms with Crippen LogP contribution >= 0.6 is 0 Å². The Hall–Kier alpha value is -1.81. The van der Waals surface area contributed by atoms with Gasteiger partial charge in [-0.15, -0.1) is 0 Å². The maximum Gasteiger partial charge on any atom is 0.399 e. The van der Waals surface area contributed by atoms with E-state index in [2.05, 4.69) is 44.1 Å². The Morgan fingerprint density at radius 1 is 1.30 bits per heavy atom. The first-order valence-electron chi connectivity index (χ1n) is 6.78. The third kappa shape index (κ3) is 3.39. The van der Waals surface area contributed by atoms with Gasteiger partial charge in [0.2, 0.25) is 0 Å². The van der Waals surface area contributed by atoms with Gasteiger partial charge in [-0.05, 0) is 25.5 Å². The number of aryl methyl sites for hydroxylation is 1. The van der Waals surface area contributed by atoms with Crippen LogP contribution in [0, 0.1) is 6.92 Å². The lowest BCUT2D eigenvalue weighted by molar-refractivity contribution is 0.324. The third-order valence-electron chi connectivity index (χ3n) is 3.03. The molecule has 1 N–H and O–H groups in total. The van der Waals surface area contributed by atoms with E-state index in [0.717, 1.165) is 17.0 Å². The highest BCUT2D eigenvalue weighted by molar-refractivity contribution is 5.42. The highest BCUT2D eigenvalue weighted by atomic mass is 16.6.